The highest BCUT2D eigenvalue weighted by molar-refractivity contribution is 9.10. The van der Waals surface area contributed by atoms with Crippen molar-refractivity contribution in [2.75, 3.05) is 19.1 Å². The van der Waals surface area contributed by atoms with Gasteiger partial charge < -0.3 is 9.47 Å². The third-order valence-corrected chi connectivity index (χ3v) is 4.26. The monoisotopic (exact) mass is 417 g/mol. The van der Waals surface area contributed by atoms with Gasteiger partial charge in [0.05, 0.1) is 29.1 Å². The van der Waals surface area contributed by atoms with E-state index in [2.05, 4.69) is 26.3 Å². The Labute approximate surface area is 157 Å². The molecule has 134 valence electrons. The van der Waals surface area contributed by atoms with Crippen LogP contribution in [0.15, 0.2) is 52.0 Å². The number of benzene rings is 2. The van der Waals surface area contributed by atoms with Gasteiger partial charge in [-0.05, 0) is 47.1 Å². The Kier molecular flexibility index (Phi) is 5.22. The van der Waals surface area contributed by atoms with Gasteiger partial charge >= 0.3 is 0 Å². The average molecular weight is 418 g/mol. The lowest BCUT2D eigenvalue weighted by Crippen LogP contribution is -2.33. The largest absolute Gasteiger partial charge is 0.493 e. The van der Waals surface area contributed by atoms with E-state index in [-0.39, 0.29) is 5.56 Å². The van der Waals surface area contributed by atoms with E-state index in [9.17, 15) is 9.59 Å². The van der Waals surface area contributed by atoms with E-state index in [0.717, 1.165) is 4.68 Å². The molecule has 0 spiro atoms. The number of para-hydroxylation sites is 1. The topological polar surface area (TPSA) is 82.5 Å². The Morgan fingerprint density at radius 2 is 2.08 bits per heavy atom. The van der Waals surface area contributed by atoms with Crippen molar-refractivity contribution in [1.82, 2.24) is 9.66 Å². The number of halogens is 1. The van der Waals surface area contributed by atoms with Gasteiger partial charge in [-0.25, -0.2) is 9.66 Å². The first-order valence-electron chi connectivity index (χ1n) is 7.83. The molecule has 0 aliphatic heterocycles. The summed E-state index contributed by atoms with van der Waals surface area (Å²) in [5.74, 6) is 0.442. The zero-order chi connectivity index (χ0) is 18.7. The molecule has 0 unspecified atom stereocenters. The SMILES string of the molecule is CCOc1c(Br)cc(C(=O)Nn2cnc3ccccc3c2=O)cc1OC. The lowest BCUT2D eigenvalue weighted by molar-refractivity contribution is 0.101. The maximum atomic E-state index is 12.6. The predicted molar refractivity (Wildman–Crippen MR) is 102 cm³/mol. The van der Waals surface area contributed by atoms with Crippen LogP contribution in [0, 0.1) is 0 Å². The van der Waals surface area contributed by atoms with E-state index in [1.807, 2.05) is 6.92 Å². The molecule has 0 aliphatic carbocycles. The van der Waals surface area contributed by atoms with Gasteiger partial charge in [0, 0.05) is 5.56 Å². The summed E-state index contributed by atoms with van der Waals surface area (Å²) in [5, 5.41) is 0.417. The molecule has 3 rings (SSSR count). The summed E-state index contributed by atoms with van der Waals surface area (Å²) in [6.45, 7) is 2.31. The highest BCUT2D eigenvalue weighted by Gasteiger charge is 2.16. The Hall–Kier alpha value is -2.87. The van der Waals surface area contributed by atoms with Crippen LogP contribution in [0.2, 0.25) is 0 Å². The highest BCUT2D eigenvalue weighted by Crippen LogP contribution is 2.36. The summed E-state index contributed by atoms with van der Waals surface area (Å²) < 4.78 is 12.4. The number of carbonyl (C=O) groups excluding carboxylic acids is 1. The molecule has 1 aromatic heterocycles. The van der Waals surface area contributed by atoms with Crippen LogP contribution in [0.4, 0.5) is 0 Å². The van der Waals surface area contributed by atoms with Crippen LogP contribution in [0.5, 0.6) is 11.5 Å². The van der Waals surface area contributed by atoms with Crippen LogP contribution in [-0.4, -0.2) is 29.3 Å². The normalized spacial score (nSPS) is 10.6. The Morgan fingerprint density at radius 1 is 1.31 bits per heavy atom. The second-order valence-corrected chi connectivity index (χ2v) is 6.15. The molecule has 0 fully saturated rings. The fourth-order valence-electron chi connectivity index (χ4n) is 2.46. The summed E-state index contributed by atoms with van der Waals surface area (Å²) in [4.78, 5) is 29.2. The zero-order valence-corrected chi connectivity index (χ0v) is 15.7. The number of aromatic nitrogens is 2. The van der Waals surface area contributed by atoms with Crippen molar-refractivity contribution in [3.8, 4) is 11.5 Å². The van der Waals surface area contributed by atoms with Gasteiger partial charge in [0.1, 0.15) is 6.33 Å². The number of rotatable bonds is 5. The maximum absolute atomic E-state index is 12.6. The minimum absolute atomic E-state index is 0.303. The maximum Gasteiger partial charge on any atom is 0.280 e. The standard InChI is InChI=1S/C18H16BrN3O4/c1-3-26-16-13(19)8-11(9-15(16)25-2)17(23)21-22-10-20-14-7-5-4-6-12(14)18(22)24/h4-10H,3H2,1-2H3,(H,21,23). The summed E-state index contributed by atoms with van der Waals surface area (Å²) in [5.41, 5.74) is 3.04. The van der Waals surface area contributed by atoms with Crippen molar-refractivity contribution in [1.29, 1.82) is 0 Å². The van der Waals surface area contributed by atoms with Crippen LogP contribution in [0.25, 0.3) is 10.9 Å². The molecule has 0 atom stereocenters. The lowest BCUT2D eigenvalue weighted by atomic mass is 10.2. The van der Waals surface area contributed by atoms with E-state index < -0.39 is 5.91 Å². The molecule has 1 heterocycles. The number of methoxy groups -OCH3 is 1. The van der Waals surface area contributed by atoms with Crippen LogP contribution in [0.3, 0.4) is 0 Å². The number of hydrogen-bond acceptors (Lipinski definition) is 5. The lowest BCUT2D eigenvalue weighted by Gasteiger charge is -2.14. The van der Waals surface area contributed by atoms with E-state index in [4.69, 9.17) is 9.47 Å². The summed E-state index contributed by atoms with van der Waals surface area (Å²) >= 11 is 3.37. The van der Waals surface area contributed by atoms with E-state index >= 15 is 0 Å². The molecule has 0 bridgehead atoms. The number of fused-ring (bicyclic) bond motifs is 1. The van der Waals surface area contributed by atoms with Crippen LogP contribution >= 0.6 is 15.9 Å². The number of nitrogens with one attached hydrogen (secondary N) is 1. The molecule has 7 nitrogen and oxygen atoms in total. The Morgan fingerprint density at radius 3 is 2.81 bits per heavy atom. The quantitative estimate of drug-likeness (QED) is 0.689. The molecule has 0 saturated carbocycles. The van der Waals surface area contributed by atoms with Crippen molar-refractivity contribution < 1.29 is 14.3 Å². The van der Waals surface area contributed by atoms with Crippen LogP contribution < -0.4 is 20.5 Å². The Balaban J connectivity index is 1.95. The van der Waals surface area contributed by atoms with Gasteiger partial charge in [-0.2, -0.15) is 0 Å². The fourth-order valence-corrected chi connectivity index (χ4v) is 3.01. The molecule has 0 saturated heterocycles. The molecule has 1 amide bonds. The average Bonchev–Trinajstić information content (AvgIpc) is 2.65. The summed E-state index contributed by atoms with van der Waals surface area (Å²) in [7, 11) is 1.49. The van der Waals surface area contributed by atoms with Gasteiger partial charge in [0.2, 0.25) is 0 Å². The zero-order valence-electron chi connectivity index (χ0n) is 14.2. The van der Waals surface area contributed by atoms with Crippen molar-refractivity contribution >= 4 is 32.7 Å². The molecule has 3 aromatic rings. The molecule has 1 N–H and O–H groups in total. The van der Waals surface area contributed by atoms with Crippen LogP contribution in [-0.2, 0) is 0 Å². The van der Waals surface area contributed by atoms with E-state index in [1.165, 1.54) is 13.4 Å². The number of hydrogen-bond donors (Lipinski definition) is 1. The summed E-state index contributed by atoms with van der Waals surface area (Å²) in [6.07, 6.45) is 1.28. The Bertz CT molecular complexity index is 1030. The van der Waals surface area contributed by atoms with E-state index in [0.29, 0.717) is 39.0 Å². The second kappa shape index (κ2) is 7.57. The van der Waals surface area contributed by atoms with Gasteiger partial charge in [0.15, 0.2) is 11.5 Å². The summed E-state index contributed by atoms with van der Waals surface area (Å²) in [6, 6.07) is 10.1. The van der Waals surface area contributed by atoms with Crippen molar-refractivity contribution in [2.45, 2.75) is 6.92 Å². The molecular formula is C18H16BrN3O4. The second-order valence-electron chi connectivity index (χ2n) is 5.30. The van der Waals surface area contributed by atoms with E-state index in [1.54, 1.807) is 36.4 Å². The third kappa shape index (κ3) is 3.41. The van der Waals surface area contributed by atoms with Gasteiger partial charge in [-0.3, -0.25) is 15.0 Å². The van der Waals surface area contributed by atoms with Gasteiger partial charge in [-0.15, -0.1) is 0 Å². The van der Waals surface area contributed by atoms with Crippen molar-refractivity contribution in [3.63, 3.8) is 0 Å². The van der Waals surface area contributed by atoms with Crippen LogP contribution in [0.1, 0.15) is 17.3 Å². The van der Waals surface area contributed by atoms with Gasteiger partial charge in [0.25, 0.3) is 11.5 Å². The predicted octanol–water partition coefficient (Wildman–Crippen LogP) is 2.95. The number of nitrogens with zero attached hydrogens (tertiary/aromatic N) is 2. The fraction of sp³-hybridized carbons (Fsp3) is 0.167. The van der Waals surface area contributed by atoms with Crippen molar-refractivity contribution in [2.24, 2.45) is 0 Å². The molecule has 2 aromatic carbocycles. The number of ether oxygens (including phenoxy) is 2. The van der Waals surface area contributed by atoms with Crippen molar-refractivity contribution in [3.05, 3.63) is 63.1 Å². The number of carbonyl (C=O) groups is 1. The first kappa shape index (κ1) is 17.9. The number of amides is 1. The minimum Gasteiger partial charge on any atom is -0.493 e. The molecule has 8 heteroatoms. The first-order chi connectivity index (χ1) is 12.5. The molecular weight excluding hydrogens is 402 g/mol. The molecule has 0 aliphatic rings. The highest BCUT2D eigenvalue weighted by atomic mass is 79.9. The van der Waals surface area contributed by atoms with Gasteiger partial charge in [-0.1, -0.05) is 12.1 Å². The molecule has 26 heavy (non-hydrogen) atoms. The third-order valence-electron chi connectivity index (χ3n) is 3.67. The minimum atomic E-state index is -0.480. The smallest absolute Gasteiger partial charge is 0.280 e. The molecule has 0 radical (unpaired) electrons. The first-order valence-corrected chi connectivity index (χ1v) is 8.62.